The van der Waals surface area contributed by atoms with Crippen LogP contribution in [-0.2, 0) is 14.6 Å². The molecule has 2 N–H and O–H groups in total. The van der Waals surface area contributed by atoms with Crippen LogP contribution in [0.2, 0.25) is 0 Å². The molecule has 11 heteroatoms. The van der Waals surface area contributed by atoms with Crippen molar-refractivity contribution in [3.8, 4) is 11.4 Å². The van der Waals surface area contributed by atoms with Crippen LogP contribution >= 0.6 is 0 Å². The molecule has 2 aromatic heterocycles. The van der Waals surface area contributed by atoms with Crippen LogP contribution in [0.1, 0.15) is 11.6 Å². The molecule has 1 aromatic carbocycles. The van der Waals surface area contributed by atoms with E-state index in [-0.39, 0.29) is 36.5 Å². The van der Waals surface area contributed by atoms with E-state index in [4.69, 9.17) is 4.52 Å². The van der Waals surface area contributed by atoms with Gasteiger partial charge in [0.15, 0.2) is 9.84 Å². The van der Waals surface area contributed by atoms with E-state index in [9.17, 15) is 13.2 Å². The third kappa shape index (κ3) is 4.63. The van der Waals surface area contributed by atoms with Crippen molar-refractivity contribution in [1.29, 1.82) is 0 Å². The summed E-state index contributed by atoms with van der Waals surface area (Å²) in [4.78, 5) is 23.0. The average molecular weight is 428 g/mol. The number of rotatable bonds is 6. The van der Waals surface area contributed by atoms with Gasteiger partial charge in [0.2, 0.25) is 5.82 Å². The highest BCUT2D eigenvalue weighted by Crippen LogP contribution is 2.23. The minimum absolute atomic E-state index is 0.0238. The predicted molar refractivity (Wildman–Crippen MR) is 109 cm³/mol. The molecule has 1 atom stereocenters. The van der Waals surface area contributed by atoms with Crippen LogP contribution in [0.15, 0.2) is 59.4 Å². The second-order valence-corrected chi connectivity index (χ2v) is 9.08. The monoisotopic (exact) mass is 428 g/mol. The lowest BCUT2D eigenvalue weighted by Crippen LogP contribution is -2.48. The molecule has 1 fully saturated rings. The molecule has 3 aromatic rings. The van der Waals surface area contributed by atoms with Crippen LogP contribution in [0.3, 0.4) is 0 Å². The Morgan fingerprint density at radius 1 is 1.07 bits per heavy atom. The summed E-state index contributed by atoms with van der Waals surface area (Å²) in [6.07, 6.45) is 3.23. The number of benzene rings is 1. The number of sulfone groups is 1. The van der Waals surface area contributed by atoms with E-state index in [0.717, 1.165) is 11.1 Å². The molecule has 4 rings (SSSR count). The number of nitrogens with zero attached hydrogens (tertiary/aromatic N) is 4. The summed E-state index contributed by atoms with van der Waals surface area (Å²) >= 11 is 0. The topological polar surface area (TPSA) is 130 Å². The first-order chi connectivity index (χ1) is 14.5. The fourth-order valence-corrected chi connectivity index (χ4v) is 4.45. The van der Waals surface area contributed by atoms with E-state index in [1.807, 2.05) is 35.2 Å². The molecule has 3 heterocycles. The summed E-state index contributed by atoms with van der Waals surface area (Å²) in [7, 11) is -3.06. The molecule has 0 saturated carbocycles. The Kier molecular flexibility index (Phi) is 5.72. The van der Waals surface area contributed by atoms with Gasteiger partial charge >= 0.3 is 6.01 Å². The van der Waals surface area contributed by atoms with Crippen LogP contribution in [0.4, 0.5) is 6.01 Å². The van der Waals surface area contributed by atoms with E-state index in [2.05, 4.69) is 26.0 Å². The van der Waals surface area contributed by atoms with Crippen molar-refractivity contribution in [3.63, 3.8) is 0 Å². The van der Waals surface area contributed by atoms with Crippen molar-refractivity contribution in [2.75, 3.05) is 30.0 Å². The minimum Gasteiger partial charge on any atom is -0.313 e. The molecule has 0 bridgehead atoms. The molecule has 1 unspecified atom stereocenters. The van der Waals surface area contributed by atoms with Gasteiger partial charge in [0.05, 0.1) is 11.5 Å². The van der Waals surface area contributed by atoms with Crippen molar-refractivity contribution < 1.29 is 17.7 Å². The first kappa shape index (κ1) is 20.0. The van der Waals surface area contributed by atoms with Gasteiger partial charge in [-0.3, -0.25) is 20.1 Å². The summed E-state index contributed by atoms with van der Waals surface area (Å²) in [5, 5.41) is 3.87. The van der Waals surface area contributed by atoms with Crippen molar-refractivity contribution in [2.45, 2.75) is 6.04 Å². The molecule has 10 nitrogen and oxygen atoms in total. The first-order valence-electron chi connectivity index (χ1n) is 9.31. The van der Waals surface area contributed by atoms with Gasteiger partial charge in [-0.1, -0.05) is 35.5 Å². The number of carbonyl (C=O) groups is 1. The number of aromatic nitrogens is 3. The van der Waals surface area contributed by atoms with Gasteiger partial charge in [0.1, 0.15) is 6.04 Å². The van der Waals surface area contributed by atoms with Crippen LogP contribution in [0.25, 0.3) is 11.4 Å². The second-order valence-electron chi connectivity index (χ2n) is 6.77. The largest absolute Gasteiger partial charge is 0.340 e. The Morgan fingerprint density at radius 3 is 2.47 bits per heavy atom. The minimum atomic E-state index is -3.06. The van der Waals surface area contributed by atoms with Gasteiger partial charge in [0, 0.05) is 31.0 Å². The smallest absolute Gasteiger partial charge is 0.313 e. The Morgan fingerprint density at radius 2 is 1.77 bits per heavy atom. The molecule has 0 radical (unpaired) electrons. The lowest BCUT2D eigenvalue weighted by atomic mass is 10.0. The SMILES string of the molecule is O=C(NNc1nc(-c2ccncc2)no1)C(c1ccccc1)N1CCS(=O)(=O)CC1. The van der Waals surface area contributed by atoms with Crippen LogP contribution in [-0.4, -0.2) is 58.9 Å². The summed E-state index contributed by atoms with van der Waals surface area (Å²) in [6.45, 7) is 0.560. The van der Waals surface area contributed by atoms with Crippen molar-refractivity contribution >= 4 is 21.8 Å². The highest BCUT2D eigenvalue weighted by molar-refractivity contribution is 7.91. The third-order valence-corrected chi connectivity index (χ3v) is 6.37. The number of hydrogen-bond donors (Lipinski definition) is 2. The standard InChI is InChI=1S/C19H20N6O4S/c26-18(22-23-19-21-17(24-29-19)15-6-8-20-9-7-15)16(14-4-2-1-3-5-14)25-10-12-30(27,28)13-11-25/h1-9,16H,10-13H2,(H,22,26)(H,21,23,24). The summed E-state index contributed by atoms with van der Waals surface area (Å²) in [5.74, 6) is 0.0468. The van der Waals surface area contributed by atoms with Gasteiger partial charge in [-0.05, 0) is 17.7 Å². The van der Waals surface area contributed by atoms with Crippen molar-refractivity contribution in [3.05, 3.63) is 60.4 Å². The maximum Gasteiger partial charge on any atom is 0.340 e. The lowest BCUT2D eigenvalue weighted by Gasteiger charge is -2.33. The molecule has 1 aliphatic rings. The zero-order valence-corrected chi connectivity index (χ0v) is 16.7. The summed E-state index contributed by atoms with van der Waals surface area (Å²) in [6, 6.07) is 12.1. The van der Waals surface area contributed by atoms with E-state index in [0.29, 0.717) is 5.82 Å². The molecular weight excluding hydrogens is 408 g/mol. The Balaban J connectivity index is 1.47. The Labute approximate surface area is 173 Å². The maximum absolute atomic E-state index is 13.0. The lowest BCUT2D eigenvalue weighted by molar-refractivity contribution is -0.126. The zero-order chi connectivity index (χ0) is 21.0. The van der Waals surface area contributed by atoms with Crippen LogP contribution in [0, 0.1) is 0 Å². The van der Waals surface area contributed by atoms with Gasteiger partial charge < -0.3 is 4.52 Å². The summed E-state index contributed by atoms with van der Waals surface area (Å²) in [5.41, 5.74) is 6.72. The van der Waals surface area contributed by atoms with Gasteiger partial charge in [0.25, 0.3) is 5.91 Å². The van der Waals surface area contributed by atoms with Crippen LogP contribution in [0.5, 0.6) is 0 Å². The Bertz CT molecular complexity index is 1090. The number of carbonyl (C=O) groups excluding carboxylic acids is 1. The number of nitrogens with one attached hydrogen (secondary N) is 2. The average Bonchev–Trinajstić information content (AvgIpc) is 3.24. The highest BCUT2D eigenvalue weighted by atomic mass is 32.2. The fourth-order valence-electron chi connectivity index (χ4n) is 3.22. The highest BCUT2D eigenvalue weighted by Gasteiger charge is 2.32. The van der Waals surface area contributed by atoms with Gasteiger partial charge in [-0.2, -0.15) is 4.98 Å². The van der Waals surface area contributed by atoms with Gasteiger partial charge in [-0.25, -0.2) is 13.8 Å². The normalized spacial score (nSPS) is 17.2. The second kappa shape index (κ2) is 8.59. The summed E-state index contributed by atoms with van der Waals surface area (Å²) < 4.78 is 28.7. The third-order valence-electron chi connectivity index (χ3n) is 4.76. The molecule has 156 valence electrons. The number of hydrazine groups is 1. The molecular formula is C19H20N6O4S. The van der Waals surface area contributed by atoms with Crippen molar-refractivity contribution in [1.82, 2.24) is 25.5 Å². The quantitative estimate of drug-likeness (QED) is 0.553. The molecule has 1 amide bonds. The van der Waals surface area contributed by atoms with E-state index >= 15 is 0 Å². The fraction of sp³-hybridized carbons (Fsp3) is 0.263. The zero-order valence-electron chi connectivity index (χ0n) is 15.9. The molecule has 1 aliphatic heterocycles. The predicted octanol–water partition coefficient (Wildman–Crippen LogP) is 1.05. The molecule has 1 saturated heterocycles. The molecule has 0 aliphatic carbocycles. The molecule has 0 spiro atoms. The van der Waals surface area contributed by atoms with E-state index < -0.39 is 15.9 Å². The number of amides is 1. The number of pyridine rings is 1. The first-order valence-corrected chi connectivity index (χ1v) is 11.1. The number of hydrogen-bond acceptors (Lipinski definition) is 9. The Hall–Kier alpha value is -3.31. The van der Waals surface area contributed by atoms with E-state index in [1.54, 1.807) is 24.5 Å². The van der Waals surface area contributed by atoms with Crippen molar-refractivity contribution in [2.24, 2.45) is 0 Å². The van der Waals surface area contributed by atoms with E-state index in [1.165, 1.54) is 0 Å². The molecule has 30 heavy (non-hydrogen) atoms. The van der Waals surface area contributed by atoms with Gasteiger partial charge in [-0.15, -0.1) is 0 Å². The maximum atomic E-state index is 13.0. The van der Waals surface area contributed by atoms with Crippen LogP contribution < -0.4 is 10.9 Å². The number of anilines is 1.